The van der Waals surface area contributed by atoms with Crippen LogP contribution >= 0.6 is 0 Å². The molecule has 1 aliphatic rings. The number of H-pyrrole nitrogens is 1. The minimum Gasteiger partial charge on any atom is -0.390 e. The van der Waals surface area contributed by atoms with Crippen LogP contribution in [-0.4, -0.2) is 38.7 Å². The maximum atomic E-state index is 13.1. The molecule has 4 N–H and O–H groups in total. The number of amides is 1. The topological polar surface area (TPSA) is 114 Å². The number of aromatic nitrogens is 2. The van der Waals surface area contributed by atoms with Crippen LogP contribution in [0.1, 0.15) is 56.5 Å². The Labute approximate surface area is 175 Å². The van der Waals surface area contributed by atoms with Gasteiger partial charge >= 0.3 is 0 Å². The van der Waals surface area contributed by atoms with Gasteiger partial charge in [0.25, 0.3) is 5.91 Å². The third kappa shape index (κ3) is 3.59. The highest BCUT2D eigenvalue weighted by molar-refractivity contribution is 6.14. The first-order chi connectivity index (χ1) is 14.2. The van der Waals surface area contributed by atoms with Crippen molar-refractivity contribution >= 4 is 33.5 Å². The summed E-state index contributed by atoms with van der Waals surface area (Å²) < 4.78 is 0. The smallest absolute Gasteiger partial charge is 0.255 e. The molecule has 1 amide bonds. The maximum Gasteiger partial charge on any atom is 0.255 e. The standard InChI is InChI=1S/C23H27N5O2/c1-12(2)26-20-17(22(29)27-15-8-14(9-15)23(3,4)30)11-25-19-16-6-5-13(10-24)7-18(16)28-21(19)20/h5-7,11-12,14-15,28,30H,8-9H2,1-4H3,(H,25,26)(H,27,29)/t14-,15-. The predicted octanol–water partition coefficient (Wildman–Crippen LogP) is 3.69. The number of nitrogens with zero attached hydrogens (tertiary/aromatic N) is 2. The summed E-state index contributed by atoms with van der Waals surface area (Å²) in [7, 11) is 0. The average molecular weight is 406 g/mol. The highest BCUT2D eigenvalue weighted by Crippen LogP contribution is 2.37. The Hall–Kier alpha value is -3.11. The van der Waals surface area contributed by atoms with E-state index in [1.165, 1.54) is 0 Å². The number of hydrogen-bond acceptors (Lipinski definition) is 5. The lowest BCUT2D eigenvalue weighted by Crippen LogP contribution is -2.51. The van der Waals surface area contributed by atoms with E-state index in [9.17, 15) is 15.2 Å². The van der Waals surface area contributed by atoms with E-state index in [4.69, 9.17) is 0 Å². The molecule has 0 atom stereocenters. The molecule has 0 bridgehead atoms. The van der Waals surface area contributed by atoms with Gasteiger partial charge in [0.1, 0.15) is 0 Å². The second-order valence-corrected chi connectivity index (χ2v) is 9.06. The molecule has 0 aliphatic heterocycles. The van der Waals surface area contributed by atoms with Gasteiger partial charge in [0.05, 0.1) is 39.5 Å². The Bertz CT molecular complexity index is 1160. The molecule has 4 rings (SSSR count). The Kier molecular flexibility index (Phi) is 4.91. The summed E-state index contributed by atoms with van der Waals surface area (Å²) in [6, 6.07) is 7.76. The van der Waals surface area contributed by atoms with Crippen LogP contribution in [0.25, 0.3) is 21.9 Å². The Morgan fingerprint density at radius 1 is 1.37 bits per heavy atom. The number of fused-ring (bicyclic) bond motifs is 3. The third-order valence-electron chi connectivity index (χ3n) is 5.89. The molecule has 30 heavy (non-hydrogen) atoms. The number of hydrogen-bond donors (Lipinski definition) is 4. The molecule has 0 radical (unpaired) electrons. The van der Waals surface area contributed by atoms with Crippen LogP contribution in [-0.2, 0) is 0 Å². The van der Waals surface area contributed by atoms with Gasteiger partial charge in [-0.2, -0.15) is 5.26 Å². The van der Waals surface area contributed by atoms with E-state index in [1.54, 1.807) is 18.3 Å². The van der Waals surface area contributed by atoms with Gasteiger partial charge in [-0.1, -0.05) is 0 Å². The molecule has 1 aromatic carbocycles. The number of pyridine rings is 1. The van der Waals surface area contributed by atoms with E-state index in [0.29, 0.717) is 16.8 Å². The summed E-state index contributed by atoms with van der Waals surface area (Å²) >= 11 is 0. The summed E-state index contributed by atoms with van der Waals surface area (Å²) in [5, 5.41) is 26.7. The van der Waals surface area contributed by atoms with Gasteiger partial charge in [-0.15, -0.1) is 0 Å². The molecule has 1 saturated carbocycles. The van der Waals surface area contributed by atoms with Crippen molar-refractivity contribution in [2.75, 3.05) is 5.32 Å². The largest absolute Gasteiger partial charge is 0.390 e. The van der Waals surface area contributed by atoms with Gasteiger partial charge in [0.2, 0.25) is 0 Å². The lowest BCUT2D eigenvalue weighted by Gasteiger charge is -2.42. The molecule has 7 nitrogen and oxygen atoms in total. The zero-order chi connectivity index (χ0) is 21.6. The fourth-order valence-corrected chi connectivity index (χ4v) is 4.08. The first-order valence-electron chi connectivity index (χ1n) is 10.3. The third-order valence-corrected chi connectivity index (χ3v) is 5.89. The fourth-order valence-electron chi connectivity index (χ4n) is 4.08. The molecule has 156 valence electrons. The SMILES string of the molecule is CC(C)Nc1c(C(=O)N[C@H]2C[C@H](C(C)(C)O)C2)cnc2c1[nH]c1cc(C#N)ccc12. The van der Waals surface area contributed by atoms with E-state index < -0.39 is 5.60 Å². The summed E-state index contributed by atoms with van der Waals surface area (Å²) in [6.45, 7) is 7.66. The summed E-state index contributed by atoms with van der Waals surface area (Å²) in [6.07, 6.45) is 3.14. The van der Waals surface area contributed by atoms with Crippen LogP contribution in [0.15, 0.2) is 24.4 Å². The molecule has 0 unspecified atom stereocenters. The van der Waals surface area contributed by atoms with Crippen molar-refractivity contribution in [3.05, 3.63) is 35.5 Å². The van der Waals surface area contributed by atoms with Crippen molar-refractivity contribution in [2.24, 2.45) is 5.92 Å². The van der Waals surface area contributed by atoms with Crippen molar-refractivity contribution in [3.8, 4) is 6.07 Å². The highest BCUT2D eigenvalue weighted by atomic mass is 16.3. The fraction of sp³-hybridized carbons (Fsp3) is 0.435. The van der Waals surface area contributed by atoms with E-state index >= 15 is 0 Å². The van der Waals surface area contributed by atoms with E-state index in [2.05, 4.69) is 26.7 Å². The molecule has 2 heterocycles. The minimum absolute atomic E-state index is 0.0532. The Balaban J connectivity index is 1.69. The van der Waals surface area contributed by atoms with E-state index in [1.807, 2.05) is 33.8 Å². The number of nitriles is 1. The van der Waals surface area contributed by atoms with Crippen molar-refractivity contribution in [1.29, 1.82) is 5.26 Å². The molecular formula is C23H27N5O2. The van der Waals surface area contributed by atoms with Crippen molar-refractivity contribution < 1.29 is 9.90 Å². The second-order valence-electron chi connectivity index (χ2n) is 9.06. The predicted molar refractivity (Wildman–Crippen MR) is 117 cm³/mol. The molecular weight excluding hydrogens is 378 g/mol. The monoisotopic (exact) mass is 405 g/mol. The van der Waals surface area contributed by atoms with Crippen molar-refractivity contribution in [3.63, 3.8) is 0 Å². The first-order valence-corrected chi connectivity index (χ1v) is 10.3. The Morgan fingerprint density at radius 2 is 2.10 bits per heavy atom. The van der Waals surface area contributed by atoms with Crippen LogP contribution in [0.2, 0.25) is 0 Å². The zero-order valence-corrected chi connectivity index (χ0v) is 17.7. The zero-order valence-electron chi connectivity index (χ0n) is 17.7. The van der Waals surface area contributed by atoms with Gasteiger partial charge < -0.3 is 20.7 Å². The van der Waals surface area contributed by atoms with Crippen LogP contribution in [0.3, 0.4) is 0 Å². The lowest BCUT2D eigenvalue weighted by molar-refractivity contribution is -0.0309. The van der Waals surface area contributed by atoms with Crippen LogP contribution in [0.4, 0.5) is 5.69 Å². The quantitative estimate of drug-likeness (QED) is 0.517. The van der Waals surface area contributed by atoms with Gasteiger partial charge in [-0.25, -0.2) is 0 Å². The number of aliphatic hydroxyl groups is 1. The number of carbonyl (C=O) groups is 1. The molecule has 0 saturated heterocycles. The van der Waals surface area contributed by atoms with Gasteiger partial charge in [0, 0.05) is 29.2 Å². The van der Waals surface area contributed by atoms with E-state index in [0.717, 1.165) is 34.8 Å². The number of carbonyl (C=O) groups excluding carboxylic acids is 1. The van der Waals surface area contributed by atoms with Gasteiger partial charge in [0.15, 0.2) is 0 Å². The minimum atomic E-state index is -0.724. The van der Waals surface area contributed by atoms with Crippen molar-refractivity contribution in [1.82, 2.24) is 15.3 Å². The first kappa shape index (κ1) is 20.2. The number of aromatic amines is 1. The van der Waals surface area contributed by atoms with Crippen molar-refractivity contribution in [2.45, 2.75) is 58.2 Å². The van der Waals surface area contributed by atoms with Gasteiger partial charge in [-0.3, -0.25) is 9.78 Å². The number of rotatable bonds is 5. The van der Waals surface area contributed by atoms with Crippen LogP contribution < -0.4 is 10.6 Å². The van der Waals surface area contributed by atoms with E-state index in [-0.39, 0.29) is 23.9 Å². The number of benzene rings is 1. The molecule has 1 fully saturated rings. The van der Waals surface area contributed by atoms with Crippen LogP contribution in [0.5, 0.6) is 0 Å². The van der Waals surface area contributed by atoms with Gasteiger partial charge in [-0.05, 0) is 64.7 Å². The molecule has 7 heteroatoms. The number of anilines is 1. The van der Waals surface area contributed by atoms with Crippen LogP contribution in [0, 0.1) is 17.2 Å². The number of nitrogens with one attached hydrogen (secondary N) is 3. The normalized spacial score (nSPS) is 19.0. The summed E-state index contributed by atoms with van der Waals surface area (Å²) in [4.78, 5) is 21.0. The summed E-state index contributed by atoms with van der Waals surface area (Å²) in [5.74, 6) is 0.0165. The maximum absolute atomic E-state index is 13.1. The molecule has 1 aliphatic carbocycles. The lowest BCUT2D eigenvalue weighted by atomic mass is 9.71. The molecule has 3 aromatic rings. The second kappa shape index (κ2) is 7.29. The average Bonchev–Trinajstić information content (AvgIpc) is 3.01. The Morgan fingerprint density at radius 3 is 2.73 bits per heavy atom. The molecule has 2 aromatic heterocycles. The summed E-state index contributed by atoms with van der Waals surface area (Å²) in [5.41, 5.74) is 3.36. The molecule has 0 spiro atoms. The highest BCUT2D eigenvalue weighted by Gasteiger charge is 2.39.